The molecule has 186 valence electrons. The molecule has 3 amide bonds. The number of ether oxygens (including phenoxy) is 1. The number of hydrogen-bond acceptors (Lipinski definition) is 6. The summed E-state index contributed by atoms with van der Waals surface area (Å²) in [6.07, 6.45) is 0.0545. The maximum atomic E-state index is 13.8. The molecule has 0 unspecified atom stereocenters. The van der Waals surface area contributed by atoms with E-state index in [0.717, 1.165) is 4.88 Å². The number of amides is 3. The lowest BCUT2D eigenvalue weighted by atomic mass is 10.1. The highest BCUT2D eigenvalue weighted by Gasteiger charge is 2.20. The number of hydrogen-bond donors (Lipinski definition) is 2. The highest BCUT2D eigenvalue weighted by Crippen LogP contribution is 2.27. The number of benzene rings is 2. The molecule has 0 saturated carbocycles. The summed E-state index contributed by atoms with van der Waals surface area (Å²) in [5, 5.41) is 2.81. The predicted octanol–water partition coefficient (Wildman–Crippen LogP) is 3.96. The summed E-state index contributed by atoms with van der Waals surface area (Å²) >= 11 is 1.36. The van der Waals surface area contributed by atoms with Crippen molar-refractivity contribution >= 4 is 51.7 Å². The molecule has 0 radical (unpaired) electrons. The van der Waals surface area contributed by atoms with Crippen LogP contribution in [0.25, 0.3) is 11.0 Å². The van der Waals surface area contributed by atoms with Gasteiger partial charge in [0.15, 0.2) is 11.6 Å². The quantitative estimate of drug-likeness (QED) is 0.373. The minimum atomic E-state index is -0.563. The van der Waals surface area contributed by atoms with E-state index in [4.69, 9.17) is 10.5 Å². The maximum absolute atomic E-state index is 13.8. The molecule has 0 bridgehead atoms. The first-order valence-electron chi connectivity index (χ1n) is 11.0. The molecule has 11 heteroatoms. The Balaban J connectivity index is 1.67. The third kappa shape index (κ3) is 5.05. The van der Waals surface area contributed by atoms with E-state index >= 15 is 0 Å². The van der Waals surface area contributed by atoms with Gasteiger partial charge in [0, 0.05) is 36.1 Å². The molecule has 4 rings (SSSR count). The average molecular weight is 510 g/mol. The number of primary amides is 1. The van der Waals surface area contributed by atoms with Crippen LogP contribution in [0.1, 0.15) is 31.3 Å². The lowest BCUT2D eigenvalue weighted by molar-refractivity contribution is -0.118. The zero-order valence-corrected chi connectivity index (χ0v) is 20.7. The van der Waals surface area contributed by atoms with Gasteiger partial charge < -0.3 is 19.9 Å². The summed E-state index contributed by atoms with van der Waals surface area (Å²) in [4.78, 5) is 44.7. The van der Waals surface area contributed by atoms with Crippen molar-refractivity contribution in [3.63, 3.8) is 0 Å². The second-order valence-corrected chi connectivity index (χ2v) is 9.34. The van der Waals surface area contributed by atoms with Crippen LogP contribution in [0.5, 0.6) is 5.75 Å². The summed E-state index contributed by atoms with van der Waals surface area (Å²) in [7, 11) is 2.92. The van der Waals surface area contributed by atoms with Gasteiger partial charge in [-0.25, -0.2) is 9.37 Å². The Labute approximate surface area is 210 Å². The van der Waals surface area contributed by atoms with Crippen molar-refractivity contribution < 1.29 is 23.5 Å². The molecule has 0 fully saturated rings. The number of nitrogens with zero attached hydrogens (tertiary/aromatic N) is 3. The molecule has 3 N–H and O–H groups in total. The fourth-order valence-electron chi connectivity index (χ4n) is 3.69. The number of nitrogens with one attached hydrogen (secondary N) is 1. The van der Waals surface area contributed by atoms with E-state index in [1.165, 1.54) is 41.5 Å². The van der Waals surface area contributed by atoms with E-state index in [0.29, 0.717) is 21.6 Å². The molecule has 2 aromatic carbocycles. The van der Waals surface area contributed by atoms with Gasteiger partial charge in [-0.2, -0.15) is 0 Å². The van der Waals surface area contributed by atoms with Crippen molar-refractivity contribution in [3.05, 3.63) is 69.7 Å². The highest BCUT2D eigenvalue weighted by atomic mass is 32.1. The minimum absolute atomic E-state index is 0.0285. The standard InChI is InChI=1S/C25H24FN5O4S/c1-14-4-9-21(36-14)23(33)29-25-28-18-13-16(6-8-19(18)31(25)11-10-22(27)32)30(2)24(34)15-5-7-17(26)20(12-15)35-3/h4-9,12-13H,10-11H2,1-3H3,(H2,27,32)(H,28,29,33). The zero-order chi connectivity index (χ0) is 26.0. The van der Waals surface area contributed by atoms with Crippen molar-refractivity contribution in [2.45, 2.75) is 19.9 Å². The summed E-state index contributed by atoms with van der Waals surface area (Å²) < 4.78 is 20.4. The smallest absolute Gasteiger partial charge is 0.268 e. The molecule has 0 spiro atoms. The monoisotopic (exact) mass is 509 g/mol. The molecule has 0 aliphatic heterocycles. The van der Waals surface area contributed by atoms with E-state index in [-0.39, 0.29) is 42.0 Å². The molecule has 9 nitrogen and oxygen atoms in total. The van der Waals surface area contributed by atoms with Gasteiger partial charge in [-0.15, -0.1) is 11.3 Å². The molecule has 0 saturated heterocycles. The molecule has 2 aromatic heterocycles. The van der Waals surface area contributed by atoms with Crippen LogP contribution in [0.3, 0.4) is 0 Å². The van der Waals surface area contributed by atoms with Gasteiger partial charge in [-0.05, 0) is 55.5 Å². The Hall–Kier alpha value is -4.25. The van der Waals surface area contributed by atoms with E-state index in [1.807, 2.05) is 13.0 Å². The Morgan fingerprint density at radius 2 is 1.94 bits per heavy atom. The molecule has 0 atom stereocenters. The number of anilines is 2. The number of carbonyl (C=O) groups is 3. The maximum Gasteiger partial charge on any atom is 0.268 e. The molecule has 36 heavy (non-hydrogen) atoms. The van der Waals surface area contributed by atoms with Crippen molar-refractivity contribution in [1.29, 1.82) is 0 Å². The molecule has 4 aromatic rings. The number of rotatable bonds is 8. The van der Waals surface area contributed by atoms with E-state index in [1.54, 1.807) is 35.9 Å². The van der Waals surface area contributed by atoms with Crippen LogP contribution in [-0.2, 0) is 11.3 Å². The third-order valence-corrected chi connectivity index (χ3v) is 6.59. The van der Waals surface area contributed by atoms with Crippen LogP contribution in [0.4, 0.5) is 16.0 Å². The first-order valence-corrected chi connectivity index (χ1v) is 11.8. The van der Waals surface area contributed by atoms with Crippen LogP contribution < -0.4 is 20.7 Å². The molecule has 0 aliphatic carbocycles. The van der Waals surface area contributed by atoms with Crippen LogP contribution in [0.2, 0.25) is 0 Å². The largest absolute Gasteiger partial charge is 0.494 e. The summed E-state index contributed by atoms with van der Waals surface area (Å²) in [5.41, 5.74) is 7.29. The lowest BCUT2D eigenvalue weighted by Crippen LogP contribution is -2.26. The number of thiophene rings is 1. The number of nitrogens with two attached hydrogens (primary N) is 1. The number of methoxy groups -OCH3 is 1. The van der Waals surface area contributed by atoms with Crippen LogP contribution in [0.15, 0.2) is 48.5 Å². The Morgan fingerprint density at radius 1 is 1.17 bits per heavy atom. The fraction of sp³-hybridized carbons (Fsp3) is 0.200. The number of imidazole rings is 1. The fourth-order valence-corrected chi connectivity index (χ4v) is 4.46. The normalized spacial score (nSPS) is 10.9. The Kier molecular flexibility index (Phi) is 7.02. The van der Waals surface area contributed by atoms with Crippen LogP contribution >= 0.6 is 11.3 Å². The summed E-state index contributed by atoms with van der Waals surface area (Å²) in [6, 6.07) is 12.6. The van der Waals surface area contributed by atoms with Crippen LogP contribution in [-0.4, -0.2) is 41.4 Å². The van der Waals surface area contributed by atoms with Crippen molar-refractivity contribution in [1.82, 2.24) is 9.55 Å². The van der Waals surface area contributed by atoms with E-state index in [2.05, 4.69) is 10.3 Å². The van der Waals surface area contributed by atoms with Gasteiger partial charge in [0.05, 0.1) is 23.0 Å². The molecule has 2 heterocycles. The lowest BCUT2D eigenvalue weighted by Gasteiger charge is -2.18. The second-order valence-electron chi connectivity index (χ2n) is 8.05. The van der Waals surface area contributed by atoms with Crippen LogP contribution in [0, 0.1) is 12.7 Å². The van der Waals surface area contributed by atoms with Gasteiger partial charge in [0.25, 0.3) is 11.8 Å². The molecule has 0 aliphatic rings. The molecular weight excluding hydrogens is 485 g/mol. The summed E-state index contributed by atoms with van der Waals surface area (Å²) in [6.45, 7) is 2.12. The van der Waals surface area contributed by atoms with E-state index in [9.17, 15) is 18.8 Å². The SMILES string of the molecule is COc1cc(C(=O)N(C)c2ccc3c(c2)nc(NC(=O)c2ccc(C)s2)n3CCC(N)=O)ccc1F. The first-order chi connectivity index (χ1) is 17.2. The second kappa shape index (κ2) is 10.2. The minimum Gasteiger partial charge on any atom is -0.494 e. The molecular formula is C25H24FN5O4S. The average Bonchev–Trinajstić information content (AvgIpc) is 3.44. The third-order valence-electron chi connectivity index (χ3n) is 5.59. The van der Waals surface area contributed by atoms with Crippen molar-refractivity contribution in [2.24, 2.45) is 5.73 Å². The topological polar surface area (TPSA) is 120 Å². The first kappa shape index (κ1) is 24.9. The summed E-state index contributed by atoms with van der Waals surface area (Å²) in [5.74, 6) is -1.51. The zero-order valence-electron chi connectivity index (χ0n) is 19.9. The van der Waals surface area contributed by atoms with Gasteiger partial charge >= 0.3 is 0 Å². The number of fused-ring (bicyclic) bond motifs is 1. The van der Waals surface area contributed by atoms with Crippen molar-refractivity contribution in [2.75, 3.05) is 24.4 Å². The van der Waals surface area contributed by atoms with E-state index < -0.39 is 11.7 Å². The predicted molar refractivity (Wildman–Crippen MR) is 136 cm³/mol. The number of aryl methyl sites for hydroxylation is 2. The van der Waals surface area contributed by atoms with Gasteiger partial charge in [-0.1, -0.05) is 0 Å². The number of aromatic nitrogens is 2. The Morgan fingerprint density at radius 3 is 2.61 bits per heavy atom. The van der Waals surface area contributed by atoms with Gasteiger partial charge in [-0.3, -0.25) is 19.7 Å². The van der Waals surface area contributed by atoms with Gasteiger partial charge in [0.2, 0.25) is 11.9 Å². The van der Waals surface area contributed by atoms with Gasteiger partial charge in [0.1, 0.15) is 0 Å². The van der Waals surface area contributed by atoms with Crippen molar-refractivity contribution in [3.8, 4) is 5.75 Å². The number of carbonyl (C=O) groups excluding carboxylic acids is 3. The Bertz CT molecular complexity index is 1480. The number of halogens is 1. The highest BCUT2D eigenvalue weighted by molar-refractivity contribution is 7.14.